The molecule has 10 rings (SSSR count). The van der Waals surface area contributed by atoms with Crippen molar-refractivity contribution >= 4 is 11.9 Å². The zero-order chi connectivity index (χ0) is 42.4. The summed E-state index contributed by atoms with van der Waals surface area (Å²) in [6, 6.07) is 6.35. The Bertz CT molecular complexity index is 2350. The Labute approximate surface area is 351 Å². The Balaban J connectivity index is 1.15. The van der Waals surface area contributed by atoms with Crippen LogP contribution in [0.15, 0.2) is 24.3 Å². The Hall–Kier alpha value is -6.26. The van der Waals surface area contributed by atoms with Gasteiger partial charge >= 0.3 is 11.9 Å². The van der Waals surface area contributed by atoms with E-state index in [1.165, 1.54) is 28.4 Å². The highest BCUT2D eigenvalue weighted by Crippen LogP contribution is 2.60. The molecule has 0 radical (unpaired) electrons. The number of esters is 2. The molecule has 6 aliphatic rings. The lowest BCUT2D eigenvalue weighted by Gasteiger charge is -2.40. The fraction of sp³-hybridized carbons (Fsp3) is 0.422. The van der Waals surface area contributed by atoms with Gasteiger partial charge in [-0.3, -0.25) is 9.80 Å². The van der Waals surface area contributed by atoms with Crippen LogP contribution in [0.1, 0.15) is 89.5 Å². The van der Waals surface area contributed by atoms with Gasteiger partial charge in [-0.05, 0) is 50.2 Å². The van der Waals surface area contributed by atoms with Crippen molar-refractivity contribution in [3.8, 4) is 57.5 Å². The lowest BCUT2D eigenvalue weighted by atomic mass is 9.79. The van der Waals surface area contributed by atoms with E-state index in [0.717, 1.165) is 33.4 Å². The van der Waals surface area contributed by atoms with Crippen LogP contribution in [0.4, 0.5) is 0 Å². The number of carbonyl (C=O) groups excluding carboxylic acids is 2. The second-order valence-electron chi connectivity index (χ2n) is 15.6. The van der Waals surface area contributed by atoms with Crippen molar-refractivity contribution in [1.29, 1.82) is 0 Å². The number of ether oxygens (including phenoxy) is 12. The summed E-state index contributed by atoms with van der Waals surface area (Å²) in [7, 11) is 13.3. The van der Waals surface area contributed by atoms with E-state index >= 15 is 0 Å². The van der Waals surface area contributed by atoms with Crippen LogP contribution < -0.4 is 47.4 Å². The van der Waals surface area contributed by atoms with Gasteiger partial charge in [0.05, 0.1) is 54.7 Å². The molecule has 0 amide bonds. The molecule has 61 heavy (non-hydrogen) atoms. The third kappa shape index (κ3) is 5.50. The Morgan fingerprint density at radius 3 is 1.31 bits per heavy atom. The van der Waals surface area contributed by atoms with Crippen LogP contribution in [-0.2, 0) is 28.7 Å². The number of nitrogens with zero attached hydrogens (tertiary/aromatic N) is 2. The number of fused-ring (bicyclic) bond motifs is 6. The predicted molar refractivity (Wildman–Crippen MR) is 215 cm³/mol. The minimum Gasteiger partial charge on any atom is -0.493 e. The number of rotatable bonds is 10. The Morgan fingerprint density at radius 2 is 0.934 bits per heavy atom. The highest BCUT2D eigenvalue weighted by molar-refractivity contribution is 5.99. The molecule has 0 saturated carbocycles. The normalized spacial score (nSPS) is 21.8. The Kier molecular flexibility index (Phi) is 9.40. The van der Waals surface area contributed by atoms with Crippen molar-refractivity contribution in [1.82, 2.24) is 9.80 Å². The quantitative estimate of drug-likeness (QED) is 0.180. The third-order valence-corrected chi connectivity index (χ3v) is 13.0. The summed E-state index contributed by atoms with van der Waals surface area (Å²) in [5.41, 5.74) is 7.48. The van der Waals surface area contributed by atoms with Crippen LogP contribution in [0.3, 0.4) is 0 Å². The first-order valence-corrected chi connectivity index (χ1v) is 20.0. The summed E-state index contributed by atoms with van der Waals surface area (Å²) in [4.78, 5) is 31.7. The maximum absolute atomic E-state index is 13.7. The second-order valence-corrected chi connectivity index (χ2v) is 15.6. The maximum atomic E-state index is 13.7. The van der Waals surface area contributed by atoms with Gasteiger partial charge in [-0.1, -0.05) is 12.1 Å². The van der Waals surface area contributed by atoms with Gasteiger partial charge in [0.1, 0.15) is 23.3 Å². The highest BCUT2D eigenvalue weighted by atomic mass is 16.7. The molecule has 4 aromatic rings. The largest absolute Gasteiger partial charge is 0.493 e. The molecule has 0 bridgehead atoms. The zero-order valence-electron chi connectivity index (χ0n) is 35.2. The molecule has 0 saturated heterocycles. The van der Waals surface area contributed by atoms with Crippen molar-refractivity contribution in [3.05, 3.63) is 79.9 Å². The molecule has 0 fully saturated rings. The summed E-state index contributed by atoms with van der Waals surface area (Å²) in [6.45, 7) is 1.25. The van der Waals surface area contributed by atoms with Gasteiger partial charge in [-0.25, -0.2) is 9.59 Å². The van der Waals surface area contributed by atoms with E-state index in [1.54, 1.807) is 26.4 Å². The number of hydrogen-bond acceptors (Lipinski definition) is 16. The molecular formula is C45H46N2O14. The minimum atomic E-state index is -0.713. The molecule has 16 heteroatoms. The van der Waals surface area contributed by atoms with Gasteiger partial charge < -0.3 is 56.8 Å². The van der Waals surface area contributed by atoms with Crippen LogP contribution in [0.5, 0.6) is 57.5 Å². The molecule has 320 valence electrons. The SMILES string of the molecule is COc1ccc2c(c1OC)C(=O)O[C@@H]2[C@H]1c2c(c(Cc3c4c(c(OC)c5c3OCO5)[C@H]([C@H]3OC(=O)c5c3ccc(OC)c5OC)N(C)CC4)c3c(c2OC)OCO3)CCN1C. The summed E-state index contributed by atoms with van der Waals surface area (Å²) < 4.78 is 72.5. The van der Waals surface area contributed by atoms with Gasteiger partial charge in [0.25, 0.3) is 0 Å². The van der Waals surface area contributed by atoms with Crippen molar-refractivity contribution in [2.24, 2.45) is 0 Å². The summed E-state index contributed by atoms with van der Waals surface area (Å²) >= 11 is 0. The smallest absolute Gasteiger partial charge is 0.343 e. The molecule has 0 unspecified atom stereocenters. The van der Waals surface area contributed by atoms with E-state index < -0.39 is 36.2 Å². The fourth-order valence-corrected chi connectivity index (χ4v) is 10.4. The molecule has 0 aliphatic carbocycles. The number of carbonyl (C=O) groups is 2. The van der Waals surface area contributed by atoms with Crippen LogP contribution in [0, 0.1) is 0 Å². The molecule has 0 N–H and O–H groups in total. The second kappa shape index (κ2) is 14.7. The van der Waals surface area contributed by atoms with Crippen molar-refractivity contribution < 1.29 is 66.4 Å². The van der Waals surface area contributed by atoms with Gasteiger partial charge in [0, 0.05) is 52.9 Å². The molecule has 6 aliphatic heterocycles. The molecule has 16 nitrogen and oxygen atoms in total. The predicted octanol–water partition coefficient (Wildman–Crippen LogP) is 5.67. The number of methoxy groups -OCH3 is 6. The van der Waals surface area contributed by atoms with E-state index in [9.17, 15) is 9.59 Å². The van der Waals surface area contributed by atoms with Crippen LogP contribution in [0.2, 0.25) is 0 Å². The third-order valence-electron chi connectivity index (χ3n) is 13.0. The summed E-state index contributed by atoms with van der Waals surface area (Å²) in [5, 5.41) is 0. The van der Waals surface area contributed by atoms with Gasteiger partial charge in [0.15, 0.2) is 46.0 Å². The number of cyclic esters (lactones) is 2. The van der Waals surface area contributed by atoms with Crippen LogP contribution >= 0.6 is 0 Å². The number of hydrogen-bond donors (Lipinski definition) is 0. The number of likely N-dealkylation sites (N-methyl/N-ethyl adjacent to an activating group) is 2. The van der Waals surface area contributed by atoms with Gasteiger partial charge in [-0.15, -0.1) is 0 Å². The standard InChI is InChI=1S/C45H46N2O14/c1-46-15-13-20-24(36-42(58-18-56-36)40(54-7)28(20)32(46)34-22-9-11-26(50-3)38(52-5)30(22)44(48)60-34)17-25-21-14-16-47(2)33(29(21)41(55-8)43-37(25)57-19-59-43)35-23-10-12-27(51-4)39(53-6)31(23)45(49)61-35/h9-12,32-35H,13-19H2,1-8H3/t32-,33-,34+,35+/m1/s1. The molecule has 4 aromatic carbocycles. The fourth-order valence-electron chi connectivity index (χ4n) is 10.4. The van der Waals surface area contributed by atoms with Crippen molar-refractivity contribution in [2.75, 3.05) is 83.4 Å². The molecule has 0 aromatic heterocycles. The highest BCUT2D eigenvalue weighted by Gasteiger charge is 2.50. The topological polar surface area (TPSA) is 151 Å². The van der Waals surface area contributed by atoms with E-state index in [4.69, 9.17) is 56.8 Å². The molecule has 0 spiro atoms. The molecule has 6 heterocycles. The summed E-state index contributed by atoms with van der Waals surface area (Å²) in [6.07, 6.45) is 0.201. The monoisotopic (exact) mass is 838 g/mol. The Morgan fingerprint density at radius 1 is 0.541 bits per heavy atom. The van der Waals surface area contributed by atoms with Crippen molar-refractivity contribution in [3.63, 3.8) is 0 Å². The molecule has 4 atom stereocenters. The lowest BCUT2D eigenvalue weighted by Crippen LogP contribution is -2.37. The van der Waals surface area contributed by atoms with E-state index in [2.05, 4.69) is 9.80 Å². The summed E-state index contributed by atoms with van der Waals surface area (Å²) in [5.74, 6) is 3.66. The van der Waals surface area contributed by atoms with Crippen LogP contribution in [0.25, 0.3) is 0 Å². The van der Waals surface area contributed by atoms with Crippen molar-refractivity contribution in [2.45, 2.75) is 43.6 Å². The van der Waals surface area contributed by atoms with Crippen LogP contribution in [-0.4, -0.2) is 105 Å². The van der Waals surface area contributed by atoms with Gasteiger partial charge in [-0.2, -0.15) is 0 Å². The average Bonchev–Trinajstić information content (AvgIpc) is 4.09. The first-order chi connectivity index (χ1) is 29.7. The van der Waals surface area contributed by atoms with E-state index in [-0.39, 0.29) is 13.6 Å². The average molecular weight is 839 g/mol. The minimum absolute atomic E-state index is 0.00759. The molecular weight excluding hydrogens is 792 g/mol. The first kappa shape index (κ1) is 38.9. The lowest BCUT2D eigenvalue weighted by molar-refractivity contribution is 0.00808. The van der Waals surface area contributed by atoms with E-state index in [1.807, 2.05) is 26.2 Å². The maximum Gasteiger partial charge on any atom is 0.343 e. The van der Waals surface area contributed by atoms with Gasteiger partial charge in [0.2, 0.25) is 25.1 Å². The number of benzene rings is 4. The van der Waals surface area contributed by atoms with E-state index in [0.29, 0.717) is 112 Å². The first-order valence-electron chi connectivity index (χ1n) is 20.0. The zero-order valence-corrected chi connectivity index (χ0v) is 35.2.